The first kappa shape index (κ1) is 10.0. The number of benzene rings is 1. The molecule has 0 unspecified atom stereocenters. The Morgan fingerprint density at radius 1 is 1.27 bits per heavy atom. The zero-order chi connectivity index (χ0) is 10.8. The summed E-state index contributed by atoms with van der Waals surface area (Å²) in [4.78, 5) is 0. The van der Waals surface area contributed by atoms with E-state index in [4.69, 9.17) is 10.00 Å². The van der Waals surface area contributed by atoms with Gasteiger partial charge in [0, 0.05) is 0 Å². The second kappa shape index (κ2) is 3.94. The van der Waals surface area contributed by atoms with Crippen LogP contribution in [0.4, 0.5) is 0 Å². The van der Waals surface area contributed by atoms with Gasteiger partial charge in [-0.25, -0.2) is 0 Å². The highest BCUT2D eigenvalue weighted by atomic mass is 16.5. The number of aryl methyl sites for hydroxylation is 1. The predicted octanol–water partition coefficient (Wildman–Crippen LogP) is 2.75. The Bertz CT molecular complexity index is 429. The zero-order valence-electron chi connectivity index (χ0n) is 9.26. The molecule has 0 bridgehead atoms. The van der Waals surface area contributed by atoms with E-state index < -0.39 is 0 Å². The molecule has 0 heterocycles. The quantitative estimate of drug-likeness (QED) is 0.700. The van der Waals surface area contributed by atoms with E-state index in [2.05, 4.69) is 13.0 Å². The Hall–Kier alpha value is -1.49. The highest BCUT2D eigenvalue weighted by Crippen LogP contribution is 2.33. The molecule has 15 heavy (non-hydrogen) atoms. The molecule has 0 saturated carbocycles. The summed E-state index contributed by atoms with van der Waals surface area (Å²) in [5, 5.41) is 9.17. The molecule has 1 aromatic carbocycles. The van der Waals surface area contributed by atoms with Crippen molar-refractivity contribution in [3.8, 4) is 11.8 Å². The molecule has 0 atom stereocenters. The molecule has 0 spiro atoms. The number of hydrogen-bond donors (Lipinski definition) is 0. The van der Waals surface area contributed by atoms with Gasteiger partial charge in [-0.1, -0.05) is 0 Å². The molecule has 0 amide bonds. The lowest BCUT2D eigenvalue weighted by Gasteiger charge is -2.20. The first-order valence-corrected chi connectivity index (χ1v) is 5.37. The van der Waals surface area contributed by atoms with Crippen LogP contribution in [-0.2, 0) is 12.8 Å². The minimum Gasteiger partial charge on any atom is -0.495 e. The molecule has 0 aromatic heterocycles. The Kier molecular flexibility index (Phi) is 2.64. The lowest BCUT2D eigenvalue weighted by Crippen LogP contribution is -2.08. The van der Waals surface area contributed by atoms with Gasteiger partial charge in [0.25, 0.3) is 0 Å². The molecule has 0 fully saturated rings. The van der Waals surface area contributed by atoms with E-state index in [1.54, 1.807) is 7.11 Å². The van der Waals surface area contributed by atoms with Crippen LogP contribution >= 0.6 is 0 Å². The molecule has 0 N–H and O–H groups in total. The summed E-state index contributed by atoms with van der Waals surface area (Å²) in [5.41, 5.74) is 4.61. The van der Waals surface area contributed by atoms with Crippen LogP contribution in [0.15, 0.2) is 6.07 Å². The van der Waals surface area contributed by atoms with Crippen LogP contribution in [0.3, 0.4) is 0 Å². The van der Waals surface area contributed by atoms with Crippen LogP contribution in [0, 0.1) is 18.3 Å². The lowest BCUT2D eigenvalue weighted by atomic mass is 9.85. The van der Waals surface area contributed by atoms with Gasteiger partial charge < -0.3 is 4.74 Å². The van der Waals surface area contributed by atoms with Crippen molar-refractivity contribution in [1.29, 1.82) is 5.26 Å². The van der Waals surface area contributed by atoms with Crippen molar-refractivity contribution in [3.63, 3.8) is 0 Å². The topological polar surface area (TPSA) is 33.0 Å². The van der Waals surface area contributed by atoms with Crippen molar-refractivity contribution in [2.75, 3.05) is 7.11 Å². The predicted molar refractivity (Wildman–Crippen MR) is 59.1 cm³/mol. The van der Waals surface area contributed by atoms with Gasteiger partial charge in [0.1, 0.15) is 11.8 Å². The fraction of sp³-hybridized carbons (Fsp3) is 0.462. The normalized spacial score (nSPS) is 14.2. The zero-order valence-corrected chi connectivity index (χ0v) is 9.26. The second-order valence-corrected chi connectivity index (χ2v) is 4.05. The largest absolute Gasteiger partial charge is 0.495 e. The van der Waals surface area contributed by atoms with E-state index in [9.17, 15) is 0 Å². The molecule has 0 aliphatic heterocycles. The summed E-state index contributed by atoms with van der Waals surface area (Å²) in [7, 11) is 1.63. The molecule has 2 rings (SSSR count). The van der Waals surface area contributed by atoms with Gasteiger partial charge in [-0.05, 0) is 55.4 Å². The van der Waals surface area contributed by atoms with Crippen LogP contribution in [0.1, 0.15) is 35.1 Å². The van der Waals surface area contributed by atoms with Gasteiger partial charge in [-0.3, -0.25) is 0 Å². The second-order valence-electron chi connectivity index (χ2n) is 4.05. The smallest absolute Gasteiger partial charge is 0.137 e. The molecular formula is C13H15NO. The van der Waals surface area contributed by atoms with Crippen LogP contribution in [0.5, 0.6) is 5.75 Å². The molecule has 78 valence electrons. The Balaban J connectivity index is 2.66. The van der Waals surface area contributed by atoms with Crippen LogP contribution < -0.4 is 4.74 Å². The minimum absolute atomic E-state index is 0.732. The summed E-state index contributed by atoms with van der Waals surface area (Å²) in [5.74, 6) is 0.732. The average Bonchev–Trinajstić information content (AvgIpc) is 2.29. The monoisotopic (exact) mass is 201 g/mol. The fourth-order valence-corrected chi connectivity index (χ4v) is 2.40. The number of ether oxygens (including phenoxy) is 1. The maximum Gasteiger partial charge on any atom is 0.137 e. The first-order chi connectivity index (χ1) is 7.27. The van der Waals surface area contributed by atoms with Crippen LogP contribution in [0.25, 0.3) is 0 Å². The first-order valence-electron chi connectivity index (χ1n) is 5.37. The van der Waals surface area contributed by atoms with E-state index in [0.29, 0.717) is 0 Å². The maximum atomic E-state index is 9.17. The standard InChI is InChI=1S/C13H15NO/c1-9-7-13(15-2)12(8-14)11-6-4-3-5-10(9)11/h7H,3-6H2,1-2H3. The number of nitrogens with zero attached hydrogens (tertiary/aromatic N) is 1. The van der Waals surface area contributed by atoms with Crippen molar-refractivity contribution in [2.45, 2.75) is 32.6 Å². The van der Waals surface area contributed by atoms with Crippen molar-refractivity contribution < 1.29 is 4.74 Å². The third-order valence-corrected chi connectivity index (χ3v) is 3.17. The van der Waals surface area contributed by atoms with E-state index in [1.165, 1.54) is 29.5 Å². The van der Waals surface area contributed by atoms with E-state index in [-0.39, 0.29) is 0 Å². The Labute approximate surface area is 90.5 Å². The van der Waals surface area contributed by atoms with Gasteiger partial charge in [-0.2, -0.15) is 5.26 Å². The molecule has 0 saturated heterocycles. The molecule has 2 heteroatoms. The molecular weight excluding hydrogens is 186 g/mol. The molecule has 1 aliphatic carbocycles. The van der Waals surface area contributed by atoms with Crippen LogP contribution in [-0.4, -0.2) is 7.11 Å². The summed E-state index contributed by atoms with van der Waals surface area (Å²) < 4.78 is 5.26. The number of nitriles is 1. The SMILES string of the molecule is COc1cc(C)c2c(c1C#N)CCCC2. The highest BCUT2D eigenvalue weighted by Gasteiger charge is 2.19. The number of fused-ring (bicyclic) bond motifs is 1. The van der Waals surface area contributed by atoms with Gasteiger partial charge in [-0.15, -0.1) is 0 Å². The molecule has 2 nitrogen and oxygen atoms in total. The van der Waals surface area contributed by atoms with Crippen molar-refractivity contribution in [1.82, 2.24) is 0 Å². The van der Waals surface area contributed by atoms with E-state index in [0.717, 1.165) is 24.2 Å². The molecule has 0 radical (unpaired) electrons. The lowest BCUT2D eigenvalue weighted by molar-refractivity contribution is 0.411. The van der Waals surface area contributed by atoms with E-state index >= 15 is 0 Å². The van der Waals surface area contributed by atoms with Gasteiger partial charge in [0.05, 0.1) is 12.7 Å². The summed E-state index contributed by atoms with van der Waals surface area (Å²) in [6, 6.07) is 4.27. The highest BCUT2D eigenvalue weighted by molar-refractivity contribution is 5.56. The Morgan fingerprint density at radius 2 is 1.93 bits per heavy atom. The number of rotatable bonds is 1. The molecule has 1 aliphatic rings. The van der Waals surface area contributed by atoms with Gasteiger partial charge in [0.2, 0.25) is 0 Å². The number of hydrogen-bond acceptors (Lipinski definition) is 2. The van der Waals surface area contributed by atoms with Gasteiger partial charge >= 0.3 is 0 Å². The minimum atomic E-state index is 0.732. The van der Waals surface area contributed by atoms with E-state index in [1.807, 2.05) is 6.07 Å². The fourth-order valence-electron chi connectivity index (χ4n) is 2.40. The average molecular weight is 201 g/mol. The van der Waals surface area contributed by atoms with Crippen molar-refractivity contribution >= 4 is 0 Å². The van der Waals surface area contributed by atoms with Crippen molar-refractivity contribution in [3.05, 3.63) is 28.3 Å². The Morgan fingerprint density at radius 3 is 2.53 bits per heavy atom. The van der Waals surface area contributed by atoms with Crippen LogP contribution in [0.2, 0.25) is 0 Å². The summed E-state index contributed by atoms with van der Waals surface area (Å²) in [6.45, 7) is 2.10. The van der Waals surface area contributed by atoms with Gasteiger partial charge in [0.15, 0.2) is 0 Å². The third kappa shape index (κ3) is 1.59. The number of methoxy groups -OCH3 is 1. The molecule has 1 aromatic rings. The third-order valence-electron chi connectivity index (χ3n) is 3.17. The summed E-state index contributed by atoms with van der Waals surface area (Å²) in [6.07, 6.45) is 4.56. The maximum absolute atomic E-state index is 9.17. The summed E-state index contributed by atoms with van der Waals surface area (Å²) >= 11 is 0. The van der Waals surface area contributed by atoms with Crippen molar-refractivity contribution in [2.24, 2.45) is 0 Å².